The second-order valence-electron chi connectivity index (χ2n) is 3.90. The number of aryl methyl sites for hydroxylation is 1. The molecule has 1 aromatic rings. The summed E-state index contributed by atoms with van der Waals surface area (Å²) < 4.78 is 41.7. The summed E-state index contributed by atoms with van der Waals surface area (Å²) in [4.78, 5) is 15.2. The van der Waals surface area contributed by atoms with Crippen molar-refractivity contribution < 1.29 is 27.2 Å². The van der Waals surface area contributed by atoms with Crippen molar-refractivity contribution in [2.75, 3.05) is 19.6 Å². The van der Waals surface area contributed by atoms with Gasteiger partial charge < -0.3 is 14.6 Å². The van der Waals surface area contributed by atoms with E-state index in [1.54, 1.807) is 6.92 Å². The lowest BCUT2D eigenvalue weighted by atomic mass is 10.2. The first-order valence-corrected chi connectivity index (χ1v) is 5.44. The van der Waals surface area contributed by atoms with Crippen LogP contribution in [0.4, 0.5) is 13.2 Å². The van der Waals surface area contributed by atoms with Crippen LogP contribution < -0.4 is 5.32 Å². The third kappa shape index (κ3) is 3.20. The van der Waals surface area contributed by atoms with Crippen LogP contribution in [0.2, 0.25) is 0 Å². The summed E-state index contributed by atoms with van der Waals surface area (Å²) in [5.41, 5.74) is 0. The molecule has 10 heteroatoms. The minimum Gasteiger partial charge on any atom is -0.424 e. The van der Waals surface area contributed by atoms with Gasteiger partial charge in [-0.15, -0.1) is 15.3 Å². The first kappa shape index (κ1) is 13.7. The Labute approximate surface area is 105 Å². The minimum atomic E-state index is -5.04. The number of hydroxylamine groups is 2. The highest BCUT2D eigenvalue weighted by atomic mass is 19.4. The number of nitrogens with zero attached hydrogens (tertiary/aromatic N) is 3. The average Bonchev–Trinajstić information content (AvgIpc) is 2.75. The molecule has 1 aliphatic heterocycles. The van der Waals surface area contributed by atoms with Crippen LogP contribution >= 0.6 is 0 Å². The van der Waals surface area contributed by atoms with Gasteiger partial charge in [-0.2, -0.15) is 13.2 Å². The van der Waals surface area contributed by atoms with Crippen LogP contribution in [0.25, 0.3) is 0 Å². The van der Waals surface area contributed by atoms with Crippen molar-refractivity contribution in [3.8, 4) is 0 Å². The van der Waals surface area contributed by atoms with E-state index in [2.05, 4.69) is 20.4 Å². The average molecular weight is 280 g/mol. The van der Waals surface area contributed by atoms with E-state index in [0.29, 0.717) is 6.54 Å². The van der Waals surface area contributed by atoms with Crippen LogP contribution in [0.1, 0.15) is 17.8 Å². The van der Waals surface area contributed by atoms with Gasteiger partial charge in [0.25, 0.3) is 0 Å². The molecule has 1 aliphatic rings. The molecule has 0 bridgehead atoms. The van der Waals surface area contributed by atoms with Crippen molar-refractivity contribution in [3.63, 3.8) is 0 Å². The smallest absolute Gasteiger partial charge is 0.424 e. The van der Waals surface area contributed by atoms with Crippen molar-refractivity contribution in [1.82, 2.24) is 20.6 Å². The van der Waals surface area contributed by atoms with Crippen LogP contribution in [0.3, 0.4) is 0 Å². The zero-order valence-electron chi connectivity index (χ0n) is 9.90. The molecule has 0 aliphatic carbocycles. The van der Waals surface area contributed by atoms with E-state index >= 15 is 0 Å². The number of carbonyl (C=O) groups is 1. The zero-order chi connectivity index (χ0) is 14.0. The van der Waals surface area contributed by atoms with Crippen molar-refractivity contribution in [3.05, 3.63) is 11.8 Å². The molecular formula is C9H11F3N4O3. The van der Waals surface area contributed by atoms with Gasteiger partial charge in [0.1, 0.15) is 6.04 Å². The van der Waals surface area contributed by atoms with Crippen LogP contribution in [-0.2, 0) is 9.63 Å². The summed E-state index contributed by atoms with van der Waals surface area (Å²) in [6, 6.07) is -0.735. The lowest BCUT2D eigenvalue weighted by molar-refractivity contribution is -0.250. The molecule has 19 heavy (non-hydrogen) atoms. The Morgan fingerprint density at radius 1 is 1.53 bits per heavy atom. The topological polar surface area (TPSA) is 80.5 Å². The first-order valence-electron chi connectivity index (χ1n) is 5.44. The summed E-state index contributed by atoms with van der Waals surface area (Å²) >= 11 is 0. The van der Waals surface area contributed by atoms with E-state index in [1.165, 1.54) is 0 Å². The number of halogens is 3. The van der Waals surface area contributed by atoms with Gasteiger partial charge in [-0.3, -0.25) is 0 Å². The Kier molecular flexibility index (Phi) is 3.71. The van der Waals surface area contributed by atoms with Gasteiger partial charge in [0.15, 0.2) is 0 Å². The number of aromatic nitrogens is 2. The van der Waals surface area contributed by atoms with Crippen molar-refractivity contribution in [2.24, 2.45) is 0 Å². The van der Waals surface area contributed by atoms with Crippen molar-refractivity contribution >= 4 is 5.97 Å². The van der Waals surface area contributed by atoms with E-state index in [0.717, 1.165) is 5.06 Å². The number of rotatable bonds is 2. The summed E-state index contributed by atoms with van der Waals surface area (Å²) in [5, 5.41) is 11.2. The summed E-state index contributed by atoms with van der Waals surface area (Å²) in [6.07, 6.45) is -5.04. The highest BCUT2D eigenvalue weighted by Crippen LogP contribution is 2.24. The van der Waals surface area contributed by atoms with Crippen LogP contribution in [0, 0.1) is 6.92 Å². The molecule has 1 fully saturated rings. The number of hydrogen-bond acceptors (Lipinski definition) is 7. The third-order valence-corrected chi connectivity index (χ3v) is 2.45. The largest absolute Gasteiger partial charge is 0.492 e. The Morgan fingerprint density at radius 3 is 2.84 bits per heavy atom. The quantitative estimate of drug-likeness (QED) is 0.836. The Hall–Kier alpha value is -1.68. The molecule has 1 N–H and O–H groups in total. The van der Waals surface area contributed by atoms with E-state index in [-0.39, 0.29) is 24.9 Å². The second kappa shape index (κ2) is 5.13. The molecule has 7 nitrogen and oxygen atoms in total. The van der Waals surface area contributed by atoms with Crippen LogP contribution in [-0.4, -0.2) is 47.0 Å². The van der Waals surface area contributed by atoms with E-state index < -0.39 is 18.2 Å². The molecule has 106 valence electrons. The summed E-state index contributed by atoms with van der Waals surface area (Å²) in [6.45, 7) is 2.27. The lowest BCUT2D eigenvalue weighted by Gasteiger charge is -2.31. The van der Waals surface area contributed by atoms with Gasteiger partial charge in [0, 0.05) is 26.6 Å². The zero-order valence-corrected chi connectivity index (χ0v) is 9.90. The molecule has 0 amide bonds. The maximum Gasteiger partial charge on any atom is 0.492 e. The number of hydrogen-bond donors (Lipinski definition) is 1. The van der Waals surface area contributed by atoms with Gasteiger partial charge in [-0.1, -0.05) is 0 Å². The Bertz CT molecular complexity index is 462. The predicted molar refractivity (Wildman–Crippen MR) is 53.5 cm³/mol. The second-order valence-corrected chi connectivity index (χ2v) is 3.90. The van der Waals surface area contributed by atoms with Gasteiger partial charge >= 0.3 is 12.1 Å². The number of alkyl halides is 3. The summed E-state index contributed by atoms with van der Waals surface area (Å²) in [5.74, 6) is -1.89. The molecule has 0 unspecified atom stereocenters. The normalized spacial score (nSPS) is 21.4. The molecule has 0 saturated carbocycles. The first-order chi connectivity index (χ1) is 8.88. The monoisotopic (exact) mass is 280 g/mol. The molecule has 0 spiro atoms. The number of nitrogens with one attached hydrogen (secondary N) is 1. The highest BCUT2D eigenvalue weighted by molar-refractivity contribution is 5.75. The molecular weight excluding hydrogens is 269 g/mol. The third-order valence-electron chi connectivity index (χ3n) is 2.45. The molecule has 2 heterocycles. The Morgan fingerprint density at radius 2 is 2.26 bits per heavy atom. The van der Waals surface area contributed by atoms with Crippen molar-refractivity contribution in [2.45, 2.75) is 19.1 Å². The molecule has 1 aromatic heterocycles. The van der Waals surface area contributed by atoms with Gasteiger partial charge in [-0.05, 0) is 0 Å². The van der Waals surface area contributed by atoms with E-state index in [9.17, 15) is 18.0 Å². The molecule has 1 atom stereocenters. The lowest BCUT2D eigenvalue weighted by Crippen LogP contribution is -2.48. The van der Waals surface area contributed by atoms with Crippen LogP contribution in [0.15, 0.2) is 4.42 Å². The SMILES string of the molecule is Cc1nnc([C@H]2CNCCN2OC(=O)C(F)(F)F)o1. The Balaban J connectivity index is 2.10. The van der Waals surface area contributed by atoms with E-state index in [1.807, 2.05) is 0 Å². The van der Waals surface area contributed by atoms with Crippen molar-refractivity contribution in [1.29, 1.82) is 0 Å². The fraction of sp³-hybridized carbons (Fsp3) is 0.667. The number of carbonyl (C=O) groups excluding carboxylic acids is 1. The van der Waals surface area contributed by atoms with Gasteiger partial charge in [0.2, 0.25) is 11.8 Å². The summed E-state index contributed by atoms with van der Waals surface area (Å²) in [7, 11) is 0. The molecule has 2 rings (SSSR count). The minimum absolute atomic E-state index is 0.0912. The van der Waals surface area contributed by atoms with Crippen LogP contribution in [0.5, 0.6) is 0 Å². The highest BCUT2D eigenvalue weighted by Gasteiger charge is 2.44. The maximum absolute atomic E-state index is 12.2. The van der Waals surface area contributed by atoms with Gasteiger partial charge in [0.05, 0.1) is 0 Å². The molecule has 1 saturated heterocycles. The fourth-order valence-electron chi connectivity index (χ4n) is 1.61. The maximum atomic E-state index is 12.2. The molecule has 0 radical (unpaired) electrons. The van der Waals surface area contributed by atoms with Gasteiger partial charge in [-0.25, -0.2) is 4.79 Å². The van der Waals surface area contributed by atoms with E-state index in [4.69, 9.17) is 4.42 Å². The molecule has 0 aromatic carbocycles. The number of piperazine rings is 1. The predicted octanol–water partition coefficient (Wildman–Crippen LogP) is 0.345. The standard InChI is InChI=1S/C9H11F3N4O3/c1-5-14-15-7(18-5)6-4-13-2-3-16(6)19-8(17)9(10,11)12/h6,13H,2-4H2,1H3/t6-/m1/s1. The fourth-order valence-corrected chi connectivity index (χ4v) is 1.61.